The van der Waals surface area contributed by atoms with Crippen LogP contribution in [0.3, 0.4) is 0 Å². The minimum absolute atomic E-state index is 0.0186. The molecule has 0 saturated heterocycles. The average Bonchev–Trinajstić information content (AvgIpc) is 2.29. The molecule has 18 heavy (non-hydrogen) atoms. The minimum Gasteiger partial charge on any atom is -0.395 e. The van der Waals surface area contributed by atoms with Crippen LogP contribution in [0.5, 0.6) is 0 Å². The molecule has 3 nitrogen and oxygen atoms in total. The second-order valence-electron chi connectivity index (χ2n) is 4.66. The van der Waals surface area contributed by atoms with E-state index in [1.165, 1.54) is 6.42 Å². The fraction of sp³-hybridized carbons (Fsp3) is 0.500. The van der Waals surface area contributed by atoms with Gasteiger partial charge in [-0.3, -0.25) is 4.79 Å². The molecule has 1 N–H and O–H groups in total. The van der Waals surface area contributed by atoms with Gasteiger partial charge in [-0.25, -0.2) is 0 Å². The lowest BCUT2D eigenvalue weighted by molar-refractivity contribution is -0.135. The van der Waals surface area contributed by atoms with E-state index in [1.54, 1.807) is 11.0 Å². The van der Waals surface area contributed by atoms with Crippen molar-refractivity contribution in [1.82, 2.24) is 4.90 Å². The predicted molar refractivity (Wildman–Crippen MR) is 71.6 cm³/mol. The summed E-state index contributed by atoms with van der Waals surface area (Å²) in [5, 5.41) is 9.68. The maximum atomic E-state index is 12.2. The highest BCUT2D eigenvalue weighted by molar-refractivity contribution is 6.31. The Morgan fingerprint density at radius 3 is 2.67 bits per heavy atom. The molecule has 1 aliphatic carbocycles. The average molecular weight is 268 g/mol. The first kappa shape index (κ1) is 13.4. The van der Waals surface area contributed by atoms with Gasteiger partial charge in [-0.05, 0) is 30.9 Å². The summed E-state index contributed by atoms with van der Waals surface area (Å²) >= 11 is 6.06. The molecule has 1 aromatic rings. The summed E-state index contributed by atoms with van der Waals surface area (Å²) in [6.07, 6.45) is 3.59. The molecule has 0 radical (unpaired) electrons. The Hall–Kier alpha value is -1.06. The predicted octanol–water partition coefficient (Wildman–Crippen LogP) is 2.26. The molecule has 0 aliphatic heterocycles. The zero-order valence-electron chi connectivity index (χ0n) is 10.3. The summed E-state index contributed by atoms with van der Waals surface area (Å²) < 4.78 is 0. The molecule has 1 amide bonds. The van der Waals surface area contributed by atoms with Gasteiger partial charge in [-0.1, -0.05) is 29.8 Å². The SMILES string of the molecule is O=C(Cc1ccccc1Cl)N(CCO)C1CCC1. The maximum absolute atomic E-state index is 12.2. The number of hydrogen-bond acceptors (Lipinski definition) is 2. The molecule has 0 spiro atoms. The number of halogens is 1. The van der Waals surface area contributed by atoms with E-state index in [9.17, 15) is 4.79 Å². The first-order chi connectivity index (χ1) is 8.72. The van der Waals surface area contributed by atoms with Crippen LogP contribution < -0.4 is 0 Å². The smallest absolute Gasteiger partial charge is 0.227 e. The number of benzene rings is 1. The molecule has 0 atom stereocenters. The second kappa shape index (κ2) is 6.21. The molecule has 0 heterocycles. The van der Waals surface area contributed by atoms with Crippen molar-refractivity contribution in [2.45, 2.75) is 31.7 Å². The Balaban J connectivity index is 2.02. The Kier molecular flexibility index (Phi) is 4.61. The summed E-state index contributed by atoms with van der Waals surface area (Å²) in [5.74, 6) is 0.0573. The van der Waals surface area contributed by atoms with Gasteiger partial charge in [0.05, 0.1) is 13.0 Å². The standard InChI is InChI=1S/C14H18ClNO2/c15-13-7-2-1-4-11(13)10-14(18)16(8-9-17)12-5-3-6-12/h1-2,4,7,12,17H,3,5-6,8-10H2. The number of hydrogen-bond donors (Lipinski definition) is 1. The van der Waals surface area contributed by atoms with Gasteiger partial charge in [0.1, 0.15) is 0 Å². The highest BCUT2D eigenvalue weighted by atomic mass is 35.5. The molecule has 4 heteroatoms. The van der Waals surface area contributed by atoms with E-state index >= 15 is 0 Å². The second-order valence-corrected chi connectivity index (χ2v) is 5.07. The van der Waals surface area contributed by atoms with Crippen LogP contribution in [0, 0.1) is 0 Å². The summed E-state index contributed by atoms with van der Waals surface area (Å²) in [7, 11) is 0. The van der Waals surface area contributed by atoms with Crippen LogP contribution in [0.1, 0.15) is 24.8 Å². The third-order valence-electron chi connectivity index (χ3n) is 3.48. The summed E-state index contributed by atoms with van der Waals surface area (Å²) in [4.78, 5) is 14.0. The van der Waals surface area contributed by atoms with Crippen LogP contribution in [0.25, 0.3) is 0 Å². The van der Waals surface area contributed by atoms with Crippen LogP contribution in [-0.2, 0) is 11.2 Å². The van der Waals surface area contributed by atoms with Gasteiger partial charge in [-0.2, -0.15) is 0 Å². The monoisotopic (exact) mass is 267 g/mol. The van der Waals surface area contributed by atoms with E-state index in [0.717, 1.165) is 18.4 Å². The van der Waals surface area contributed by atoms with Gasteiger partial charge in [0, 0.05) is 17.6 Å². The number of nitrogens with zero attached hydrogens (tertiary/aromatic N) is 1. The van der Waals surface area contributed by atoms with E-state index in [0.29, 0.717) is 24.0 Å². The molecule has 1 aliphatic rings. The Bertz CT molecular complexity index is 418. The minimum atomic E-state index is 0.0186. The van der Waals surface area contributed by atoms with Crippen molar-refractivity contribution >= 4 is 17.5 Å². The molecule has 98 valence electrons. The van der Waals surface area contributed by atoms with Crippen molar-refractivity contribution in [1.29, 1.82) is 0 Å². The quantitative estimate of drug-likeness (QED) is 0.889. The van der Waals surface area contributed by atoms with E-state index < -0.39 is 0 Å². The number of amides is 1. The van der Waals surface area contributed by atoms with Crippen molar-refractivity contribution in [3.05, 3.63) is 34.9 Å². The Morgan fingerprint density at radius 2 is 2.11 bits per heavy atom. The van der Waals surface area contributed by atoms with E-state index in [2.05, 4.69) is 0 Å². The van der Waals surface area contributed by atoms with Gasteiger partial charge < -0.3 is 10.0 Å². The van der Waals surface area contributed by atoms with E-state index in [-0.39, 0.29) is 12.5 Å². The summed E-state index contributed by atoms with van der Waals surface area (Å²) in [6.45, 7) is 0.443. The molecule has 1 aromatic carbocycles. The third kappa shape index (κ3) is 3.03. The number of aliphatic hydroxyl groups excluding tert-OH is 1. The molecular weight excluding hydrogens is 250 g/mol. The van der Waals surface area contributed by atoms with Crippen LogP contribution >= 0.6 is 11.6 Å². The summed E-state index contributed by atoms with van der Waals surface area (Å²) in [5.41, 5.74) is 0.853. The maximum Gasteiger partial charge on any atom is 0.227 e. The van der Waals surface area contributed by atoms with Gasteiger partial charge in [0.15, 0.2) is 0 Å². The molecule has 1 saturated carbocycles. The first-order valence-electron chi connectivity index (χ1n) is 6.36. The van der Waals surface area contributed by atoms with Crippen LogP contribution in [0.2, 0.25) is 5.02 Å². The number of rotatable bonds is 5. The van der Waals surface area contributed by atoms with Gasteiger partial charge >= 0.3 is 0 Å². The van der Waals surface area contributed by atoms with Gasteiger partial charge in [0.25, 0.3) is 0 Å². The molecule has 2 rings (SSSR count). The lowest BCUT2D eigenvalue weighted by Crippen LogP contribution is -2.46. The third-order valence-corrected chi connectivity index (χ3v) is 3.84. The van der Waals surface area contributed by atoms with Crippen molar-refractivity contribution in [3.8, 4) is 0 Å². The fourth-order valence-corrected chi connectivity index (χ4v) is 2.43. The fourth-order valence-electron chi connectivity index (χ4n) is 2.22. The zero-order valence-corrected chi connectivity index (χ0v) is 11.1. The van der Waals surface area contributed by atoms with Gasteiger partial charge in [0.2, 0.25) is 5.91 Å². The lowest BCUT2D eigenvalue weighted by atomic mass is 9.91. The summed E-state index contributed by atoms with van der Waals surface area (Å²) in [6, 6.07) is 7.72. The van der Waals surface area contributed by atoms with Crippen molar-refractivity contribution < 1.29 is 9.90 Å². The number of carbonyl (C=O) groups is 1. The van der Waals surface area contributed by atoms with E-state index in [1.807, 2.05) is 18.2 Å². The normalized spacial score (nSPS) is 15.2. The molecular formula is C14H18ClNO2. The van der Waals surface area contributed by atoms with Crippen LogP contribution in [0.4, 0.5) is 0 Å². The molecule has 0 unspecified atom stereocenters. The Morgan fingerprint density at radius 1 is 1.39 bits per heavy atom. The topological polar surface area (TPSA) is 40.5 Å². The molecule has 0 bridgehead atoms. The first-order valence-corrected chi connectivity index (χ1v) is 6.74. The number of aliphatic hydroxyl groups is 1. The molecule has 1 fully saturated rings. The van der Waals surface area contributed by atoms with Crippen LogP contribution in [0.15, 0.2) is 24.3 Å². The van der Waals surface area contributed by atoms with Crippen molar-refractivity contribution in [2.24, 2.45) is 0 Å². The van der Waals surface area contributed by atoms with Gasteiger partial charge in [-0.15, -0.1) is 0 Å². The van der Waals surface area contributed by atoms with Crippen molar-refractivity contribution in [2.75, 3.05) is 13.2 Å². The lowest BCUT2D eigenvalue weighted by Gasteiger charge is -2.37. The van der Waals surface area contributed by atoms with Crippen LogP contribution in [-0.4, -0.2) is 35.1 Å². The largest absolute Gasteiger partial charge is 0.395 e. The van der Waals surface area contributed by atoms with E-state index in [4.69, 9.17) is 16.7 Å². The highest BCUT2D eigenvalue weighted by Crippen LogP contribution is 2.26. The zero-order chi connectivity index (χ0) is 13.0. The Labute approximate surface area is 112 Å². The highest BCUT2D eigenvalue weighted by Gasteiger charge is 2.28. The molecule has 0 aromatic heterocycles. The van der Waals surface area contributed by atoms with Crippen molar-refractivity contribution in [3.63, 3.8) is 0 Å². The number of carbonyl (C=O) groups excluding carboxylic acids is 1.